The molecular formula is C14H28N2O. The third-order valence-electron chi connectivity index (χ3n) is 4.46. The van der Waals surface area contributed by atoms with Crippen molar-refractivity contribution >= 4 is 0 Å². The van der Waals surface area contributed by atoms with Crippen molar-refractivity contribution in [1.29, 1.82) is 0 Å². The lowest BCUT2D eigenvalue weighted by molar-refractivity contribution is -0.102. The van der Waals surface area contributed by atoms with Gasteiger partial charge in [-0.15, -0.1) is 0 Å². The molecule has 0 aromatic rings. The number of hydrogen-bond acceptors (Lipinski definition) is 3. The number of nitrogens with zero attached hydrogens (tertiary/aromatic N) is 1. The van der Waals surface area contributed by atoms with E-state index in [0.717, 1.165) is 19.4 Å². The maximum absolute atomic E-state index is 6.15. The molecule has 0 saturated carbocycles. The highest BCUT2D eigenvalue weighted by atomic mass is 16.5. The van der Waals surface area contributed by atoms with Gasteiger partial charge in [-0.25, -0.2) is 0 Å². The molecule has 2 heterocycles. The molecule has 2 saturated heterocycles. The fourth-order valence-corrected chi connectivity index (χ4v) is 3.75. The predicted octanol–water partition coefficient (Wildman–Crippen LogP) is 2.15. The second-order valence-corrected chi connectivity index (χ2v) is 6.00. The first kappa shape index (κ1) is 13.3. The summed E-state index contributed by atoms with van der Waals surface area (Å²) in [5.41, 5.74) is 6.36. The van der Waals surface area contributed by atoms with Crippen molar-refractivity contribution in [1.82, 2.24) is 4.90 Å². The third-order valence-corrected chi connectivity index (χ3v) is 4.46. The van der Waals surface area contributed by atoms with Crippen LogP contribution in [0.5, 0.6) is 0 Å². The number of likely N-dealkylation sites (tertiary alicyclic amines) is 1. The Morgan fingerprint density at radius 2 is 1.59 bits per heavy atom. The van der Waals surface area contributed by atoms with Gasteiger partial charge in [0.15, 0.2) is 0 Å². The van der Waals surface area contributed by atoms with Crippen LogP contribution in [0, 0.1) is 0 Å². The zero-order chi connectivity index (χ0) is 12.3. The normalized spacial score (nSPS) is 41.1. The molecule has 0 spiro atoms. The summed E-state index contributed by atoms with van der Waals surface area (Å²) < 4.78 is 5.88. The van der Waals surface area contributed by atoms with E-state index in [1.165, 1.54) is 38.8 Å². The summed E-state index contributed by atoms with van der Waals surface area (Å²) >= 11 is 0. The molecule has 2 aliphatic heterocycles. The van der Waals surface area contributed by atoms with Gasteiger partial charge in [-0.1, -0.05) is 12.8 Å². The van der Waals surface area contributed by atoms with E-state index in [1.54, 1.807) is 0 Å². The van der Waals surface area contributed by atoms with Gasteiger partial charge in [0.25, 0.3) is 0 Å². The van der Waals surface area contributed by atoms with E-state index in [0.29, 0.717) is 12.2 Å². The maximum Gasteiger partial charge on any atom is 0.0568 e. The van der Waals surface area contributed by atoms with Crippen molar-refractivity contribution in [3.8, 4) is 0 Å². The molecule has 100 valence electrons. The van der Waals surface area contributed by atoms with Crippen LogP contribution in [0.25, 0.3) is 0 Å². The highest BCUT2D eigenvalue weighted by Crippen LogP contribution is 2.34. The van der Waals surface area contributed by atoms with Gasteiger partial charge in [-0.3, -0.25) is 4.90 Å². The standard InChI is InChI=1S/C14H28N2O/c1-12-9-14(11-15,10-13(2)17-12)16-7-5-3-4-6-8-16/h12-13H,3-11,15H2,1-2H3. The molecule has 2 atom stereocenters. The molecule has 2 fully saturated rings. The zero-order valence-electron chi connectivity index (χ0n) is 11.5. The second kappa shape index (κ2) is 5.68. The quantitative estimate of drug-likeness (QED) is 0.804. The van der Waals surface area contributed by atoms with Crippen LogP contribution in [0.2, 0.25) is 0 Å². The fourth-order valence-electron chi connectivity index (χ4n) is 3.75. The van der Waals surface area contributed by atoms with Crippen LogP contribution in [0.3, 0.4) is 0 Å². The average Bonchev–Trinajstić information content (AvgIpc) is 2.56. The summed E-state index contributed by atoms with van der Waals surface area (Å²) in [5, 5.41) is 0. The van der Waals surface area contributed by atoms with E-state index in [9.17, 15) is 0 Å². The van der Waals surface area contributed by atoms with Crippen molar-refractivity contribution in [3.05, 3.63) is 0 Å². The maximum atomic E-state index is 6.15. The minimum absolute atomic E-state index is 0.210. The van der Waals surface area contributed by atoms with Gasteiger partial charge >= 0.3 is 0 Å². The van der Waals surface area contributed by atoms with E-state index in [4.69, 9.17) is 10.5 Å². The van der Waals surface area contributed by atoms with E-state index < -0.39 is 0 Å². The highest BCUT2D eigenvalue weighted by molar-refractivity contribution is 4.98. The third kappa shape index (κ3) is 3.01. The topological polar surface area (TPSA) is 38.5 Å². The molecular weight excluding hydrogens is 212 g/mol. The lowest BCUT2D eigenvalue weighted by Gasteiger charge is -2.49. The molecule has 0 bridgehead atoms. The van der Waals surface area contributed by atoms with E-state index >= 15 is 0 Å². The van der Waals surface area contributed by atoms with Crippen molar-refractivity contribution in [2.24, 2.45) is 5.73 Å². The van der Waals surface area contributed by atoms with Crippen LogP contribution in [-0.4, -0.2) is 42.3 Å². The number of ether oxygens (including phenoxy) is 1. The summed E-state index contributed by atoms with van der Waals surface area (Å²) in [6, 6.07) is 0. The van der Waals surface area contributed by atoms with Crippen LogP contribution < -0.4 is 5.73 Å². The van der Waals surface area contributed by atoms with Gasteiger partial charge in [-0.05, 0) is 52.6 Å². The van der Waals surface area contributed by atoms with Crippen LogP contribution in [-0.2, 0) is 4.74 Å². The van der Waals surface area contributed by atoms with Gasteiger partial charge in [0.05, 0.1) is 12.2 Å². The Hall–Kier alpha value is -0.120. The fraction of sp³-hybridized carbons (Fsp3) is 1.00. The first-order valence-corrected chi connectivity index (χ1v) is 7.27. The lowest BCUT2D eigenvalue weighted by Crippen LogP contribution is -2.59. The lowest BCUT2D eigenvalue weighted by atomic mass is 9.82. The van der Waals surface area contributed by atoms with Gasteiger partial charge < -0.3 is 10.5 Å². The Bertz CT molecular complexity index is 226. The molecule has 2 unspecified atom stereocenters. The molecule has 2 rings (SSSR count). The Morgan fingerprint density at radius 1 is 1.06 bits per heavy atom. The van der Waals surface area contributed by atoms with E-state index in [-0.39, 0.29) is 5.54 Å². The monoisotopic (exact) mass is 240 g/mol. The highest BCUT2D eigenvalue weighted by Gasteiger charge is 2.41. The molecule has 3 nitrogen and oxygen atoms in total. The number of nitrogens with two attached hydrogens (primary N) is 1. The van der Waals surface area contributed by atoms with Crippen molar-refractivity contribution < 1.29 is 4.74 Å². The molecule has 2 aliphatic rings. The van der Waals surface area contributed by atoms with Crippen molar-refractivity contribution in [3.63, 3.8) is 0 Å². The summed E-state index contributed by atoms with van der Waals surface area (Å²) in [6.45, 7) is 7.63. The average molecular weight is 240 g/mol. The molecule has 0 amide bonds. The first-order chi connectivity index (χ1) is 8.16. The number of rotatable bonds is 2. The van der Waals surface area contributed by atoms with Crippen LogP contribution in [0.1, 0.15) is 52.4 Å². The molecule has 2 N–H and O–H groups in total. The minimum Gasteiger partial charge on any atom is -0.375 e. The number of hydrogen-bond donors (Lipinski definition) is 1. The Labute approximate surface area is 106 Å². The predicted molar refractivity (Wildman–Crippen MR) is 71.1 cm³/mol. The summed E-state index contributed by atoms with van der Waals surface area (Å²) in [4.78, 5) is 2.68. The summed E-state index contributed by atoms with van der Waals surface area (Å²) in [7, 11) is 0. The van der Waals surface area contributed by atoms with Gasteiger partial charge in [0.1, 0.15) is 0 Å². The van der Waals surface area contributed by atoms with Gasteiger partial charge in [-0.2, -0.15) is 0 Å². The first-order valence-electron chi connectivity index (χ1n) is 7.27. The molecule has 0 aromatic carbocycles. The zero-order valence-corrected chi connectivity index (χ0v) is 11.5. The Kier molecular flexibility index (Phi) is 4.45. The minimum atomic E-state index is 0.210. The smallest absolute Gasteiger partial charge is 0.0568 e. The van der Waals surface area contributed by atoms with E-state index in [2.05, 4.69) is 18.7 Å². The molecule has 0 radical (unpaired) electrons. The van der Waals surface area contributed by atoms with E-state index in [1.807, 2.05) is 0 Å². The summed E-state index contributed by atoms with van der Waals surface area (Å²) in [5.74, 6) is 0. The van der Waals surface area contributed by atoms with Crippen LogP contribution in [0.15, 0.2) is 0 Å². The SMILES string of the molecule is CC1CC(CN)(N2CCCCCC2)CC(C)O1. The van der Waals surface area contributed by atoms with Gasteiger partial charge in [0.2, 0.25) is 0 Å². The molecule has 3 heteroatoms. The van der Waals surface area contributed by atoms with Crippen molar-refractivity contribution in [2.75, 3.05) is 19.6 Å². The van der Waals surface area contributed by atoms with Crippen LogP contribution >= 0.6 is 0 Å². The van der Waals surface area contributed by atoms with Crippen LogP contribution in [0.4, 0.5) is 0 Å². The van der Waals surface area contributed by atoms with Gasteiger partial charge in [0, 0.05) is 12.1 Å². The Morgan fingerprint density at radius 3 is 2.06 bits per heavy atom. The molecule has 0 aliphatic carbocycles. The van der Waals surface area contributed by atoms with Crippen molar-refractivity contribution in [2.45, 2.75) is 70.1 Å². The second-order valence-electron chi connectivity index (χ2n) is 6.00. The molecule has 17 heavy (non-hydrogen) atoms. The Balaban J connectivity index is 2.10. The molecule has 0 aromatic heterocycles. The largest absolute Gasteiger partial charge is 0.375 e. The summed E-state index contributed by atoms with van der Waals surface area (Å²) in [6.07, 6.45) is 8.37.